The quantitative estimate of drug-likeness (QED) is 0.722. The summed E-state index contributed by atoms with van der Waals surface area (Å²) in [5.74, 6) is 0.291. The van der Waals surface area contributed by atoms with Crippen molar-refractivity contribution in [3.05, 3.63) is 30.3 Å². The van der Waals surface area contributed by atoms with Crippen LogP contribution in [-0.4, -0.2) is 55.4 Å². The van der Waals surface area contributed by atoms with Gasteiger partial charge in [0.2, 0.25) is 15.9 Å². The van der Waals surface area contributed by atoms with Crippen molar-refractivity contribution < 1.29 is 23.1 Å². The van der Waals surface area contributed by atoms with E-state index in [1.807, 2.05) is 18.2 Å². The molecule has 116 valence electrons. The van der Waals surface area contributed by atoms with Gasteiger partial charge in [0.15, 0.2) is 0 Å². The van der Waals surface area contributed by atoms with E-state index in [4.69, 9.17) is 9.88 Å². The fourth-order valence-electron chi connectivity index (χ4n) is 2.15. The van der Waals surface area contributed by atoms with Gasteiger partial charge >= 0.3 is 0 Å². The molecule has 8 heteroatoms. The highest BCUT2D eigenvalue weighted by atomic mass is 32.2. The van der Waals surface area contributed by atoms with E-state index in [-0.39, 0.29) is 32.0 Å². The van der Waals surface area contributed by atoms with E-state index in [0.29, 0.717) is 5.75 Å². The van der Waals surface area contributed by atoms with Gasteiger partial charge in [-0.3, -0.25) is 4.79 Å². The number of ether oxygens (including phenoxy) is 1. The smallest absolute Gasteiger partial charge is 0.224 e. The molecule has 1 amide bonds. The maximum absolute atomic E-state index is 11.7. The number of nitrogens with zero attached hydrogens (tertiary/aromatic N) is 1. The Bertz CT molecular complexity index is 590. The summed E-state index contributed by atoms with van der Waals surface area (Å²) < 4.78 is 27.8. The number of hydrogen-bond donors (Lipinski definition) is 2. The van der Waals surface area contributed by atoms with Gasteiger partial charge in [-0.15, -0.1) is 0 Å². The van der Waals surface area contributed by atoms with E-state index >= 15 is 0 Å². The molecule has 2 atom stereocenters. The van der Waals surface area contributed by atoms with Crippen LogP contribution in [-0.2, 0) is 14.8 Å². The Balaban J connectivity index is 1.83. The van der Waals surface area contributed by atoms with Crippen LogP contribution in [0.2, 0.25) is 0 Å². The fraction of sp³-hybridized carbons (Fsp3) is 0.462. The average molecular weight is 314 g/mol. The molecule has 2 unspecified atom stereocenters. The Morgan fingerprint density at radius 3 is 2.62 bits per heavy atom. The lowest BCUT2D eigenvalue weighted by Gasteiger charge is -2.20. The molecule has 0 spiro atoms. The molecule has 1 aromatic carbocycles. The maximum atomic E-state index is 11.7. The number of hydrogen-bond acceptors (Lipinski definition) is 5. The maximum Gasteiger partial charge on any atom is 0.224 e. The molecule has 0 saturated carbocycles. The van der Waals surface area contributed by atoms with Crippen LogP contribution in [0.1, 0.15) is 6.42 Å². The van der Waals surface area contributed by atoms with Crippen molar-refractivity contribution in [2.45, 2.75) is 17.8 Å². The summed E-state index contributed by atoms with van der Waals surface area (Å²) in [6.07, 6.45) is -1.03. The van der Waals surface area contributed by atoms with E-state index in [0.717, 1.165) is 0 Å². The van der Waals surface area contributed by atoms with Crippen molar-refractivity contribution in [1.82, 2.24) is 4.90 Å². The Kier molecular flexibility index (Phi) is 4.81. The summed E-state index contributed by atoms with van der Waals surface area (Å²) in [5.41, 5.74) is 0. The van der Waals surface area contributed by atoms with E-state index in [1.54, 1.807) is 12.1 Å². The number of primary sulfonamides is 1. The minimum atomic E-state index is -3.73. The number of carbonyl (C=O) groups is 1. The van der Waals surface area contributed by atoms with Crippen LogP contribution < -0.4 is 9.88 Å². The van der Waals surface area contributed by atoms with Crippen molar-refractivity contribution >= 4 is 15.9 Å². The van der Waals surface area contributed by atoms with Crippen molar-refractivity contribution in [2.24, 2.45) is 5.14 Å². The van der Waals surface area contributed by atoms with Gasteiger partial charge < -0.3 is 14.7 Å². The Morgan fingerprint density at radius 1 is 1.38 bits per heavy atom. The minimum absolute atomic E-state index is 0.0140. The van der Waals surface area contributed by atoms with Crippen LogP contribution in [0.15, 0.2) is 30.3 Å². The Labute approximate surface area is 123 Å². The number of β-amino-alcohol motifs (C(OH)–C–C–N with tert-alkyl or cyclic N) is 1. The summed E-state index contributed by atoms with van der Waals surface area (Å²) in [7, 11) is -3.73. The second kappa shape index (κ2) is 6.42. The van der Waals surface area contributed by atoms with Crippen LogP contribution in [0.25, 0.3) is 0 Å². The minimum Gasteiger partial charge on any atom is -0.491 e. The largest absolute Gasteiger partial charge is 0.491 e. The van der Waals surface area contributed by atoms with Crippen LogP contribution in [0, 0.1) is 0 Å². The third-order valence-electron chi connectivity index (χ3n) is 3.26. The highest BCUT2D eigenvalue weighted by Gasteiger charge is 2.37. The first kappa shape index (κ1) is 15.7. The zero-order valence-electron chi connectivity index (χ0n) is 11.4. The highest BCUT2D eigenvalue weighted by molar-refractivity contribution is 7.89. The molecule has 0 aromatic heterocycles. The highest BCUT2D eigenvalue weighted by Crippen LogP contribution is 2.17. The summed E-state index contributed by atoms with van der Waals surface area (Å²) in [6, 6.07) is 8.97. The number of amides is 1. The first-order valence-corrected chi connectivity index (χ1v) is 8.12. The Hall–Kier alpha value is -1.64. The zero-order valence-corrected chi connectivity index (χ0v) is 12.2. The van der Waals surface area contributed by atoms with Crippen molar-refractivity contribution in [3.8, 4) is 5.75 Å². The lowest BCUT2D eigenvalue weighted by molar-refractivity contribution is -0.129. The summed E-state index contributed by atoms with van der Waals surface area (Å²) in [6.45, 7) is 0.0611. The van der Waals surface area contributed by atoms with Crippen LogP contribution in [0.4, 0.5) is 0 Å². The number of aliphatic hydroxyl groups excluding tert-OH is 1. The van der Waals surface area contributed by atoms with Gasteiger partial charge in [-0.2, -0.15) is 0 Å². The summed E-state index contributed by atoms with van der Waals surface area (Å²) in [5, 5.41) is 14.0. The van der Waals surface area contributed by atoms with Crippen molar-refractivity contribution in [2.75, 3.05) is 19.7 Å². The van der Waals surface area contributed by atoms with E-state index in [2.05, 4.69) is 0 Å². The lowest BCUT2D eigenvalue weighted by Crippen LogP contribution is -2.38. The molecule has 1 fully saturated rings. The predicted octanol–water partition coefficient (Wildman–Crippen LogP) is -0.684. The van der Waals surface area contributed by atoms with E-state index in [9.17, 15) is 18.3 Å². The van der Waals surface area contributed by atoms with Crippen molar-refractivity contribution in [3.63, 3.8) is 0 Å². The third kappa shape index (κ3) is 4.42. The van der Waals surface area contributed by atoms with Gasteiger partial charge in [0.05, 0.1) is 0 Å². The number of nitrogens with two attached hydrogens (primary N) is 1. The van der Waals surface area contributed by atoms with E-state index < -0.39 is 21.4 Å². The molecule has 1 heterocycles. The molecule has 1 saturated heterocycles. The first-order valence-electron chi connectivity index (χ1n) is 6.51. The van der Waals surface area contributed by atoms with Gasteiger partial charge in [0.1, 0.15) is 23.7 Å². The van der Waals surface area contributed by atoms with Gasteiger partial charge in [-0.25, -0.2) is 13.6 Å². The first-order chi connectivity index (χ1) is 9.86. The molecule has 1 aliphatic heterocycles. The number of aliphatic hydroxyl groups is 1. The molecule has 0 bridgehead atoms. The molecule has 21 heavy (non-hydrogen) atoms. The molecule has 3 N–H and O–H groups in total. The van der Waals surface area contributed by atoms with Gasteiger partial charge in [0, 0.05) is 19.5 Å². The number of likely N-dealkylation sites (tertiary alicyclic amines) is 1. The molecule has 1 aromatic rings. The number of sulfonamides is 1. The Morgan fingerprint density at radius 2 is 2.05 bits per heavy atom. The summed E-state index contributed by atoms with van der Waals surface area (Å²) in [4.78, 5) is 13.0. The SMILES string of the molecule is NS(=O)(=O)C1CC(=O)N(CC(O)COc2ccccc2)C1. The predicted molar refractivity (Wildman–Crippen MR) is 76.0 cm³/mol. The monoisotopic (exact) mass is 314 g/mol. The van der Waals surface area contributed by atoms with Gasteiger partial charge in [0.25, 0.3) is 0 Å². The van der Waals surface area contributed by atoms with Crippen LogP contribution >= 0.6 is 0 Å². The molecule has 2 rings (SSSR count). The van der Waals surface area contributed by atoms with Gasteiger partial charge in [-0.1, -0.05) is 18.2 Å². The lowest BCUT2D eigenvalue weighted by atomic mass is 10.3. The van der Waals surface area contributed by atoms with Crippen LogP contribution in [0.5, 0.6) is 5.75 Å². The molecule has 0 aliphatic carbocycles. The van der Waals surface area contributed by atoms with E-state index in [1.165, 1.54) is 4.90 Å². The normalized spacial score (nSPS) is 20.6. The molecular weight excluding hydrogens is 296 g/mol. The van der Waals surface area contributed by atoms with Gasteiger partial charge in [-0.05, 0) is 12.1 Å². The number of carbonyl (C=O) groups excluding carboxylic acids is 1. The second-order valence-corrected chi connectivity index (χ2v) is 6.84. The number of rotatable bonds is 6. The molecule has 0 radical (unpaired) electrons. The molecule has 7 nitrogen and oxygen atoms in total. The molecular formula is C13H18N2O5S. The van der Waals surface area contributed by atoms with Crippen LogP contribution in [0.3, 0.4) is 0 Å². The molecule has 1 aliphatic rings. The average Bonchev–Trinajstić information content (AvgIpc) is 2.79. The standard InChI is InChI=1S/C13H18N2O5S/c14-21(18,19)12-6-13(17)15(8-12)7-10(16)9-20-11-4-2-1-3-5-11/h1-5,10,12,16H,6-9H2,(H2,14,18,19). The topological polar surface area (TPSA) is 110 Å². The zero-order chi connectivity index (χ0) is 15.5. The summed E-state index contributed by atoms with van der Waals surface area (Å²) >= 11 is 0. The number of benzene rings is 1. The third-order valence-corrected chi connectivity index (χ3v) is 4.51. The number of para-hydroxylation sites is 1. The fourth-order valence-corrected chi connectivity index (χ4v) is 2.91. The van der Waals surface area contributed by atoms with Crippen molar-refractivity contribution in [1.29, 1.82) is 0 Å². The second-order valence-electron chi connectivity index (χ2n) is 4.99.